The van der Waals surface area contributed by atoms with Gasteiger partial charge in [-0.2, -0.15) is 11.8 Å². The molecule has 4 nitrogen and oxygen atoms in total. The number of hydrogen-bond acceptors (Lipinski definition) is 4. The van der Waals surface area contributed by atoms with Crippen LogP contribution in [-0.4, -0.2) is 15.0 Å². The van der Waals surface area contributed by atoms with Crippen LogP contribution in [0.3, 0.4) is 0 Å². The number of nitrogens with zero attached hydrogens (tertiary/aromatic N) is 2. The molecule has 0 bridgehead atoms. The molecule has 0 amide bonds. The van der Waals surface area contributed by atoms with Crippen LogP contribution in [0.5, 0.6) is 0 Å². The van der Waals surface area contributed by atoms with Crippen molar-refractivity contribution in [3.63, 3.8) is 0 Å². The molecule has 0 aromatic carbocycles. The van der Waals surface area contributed by atoms with Crippen LogP contribution in [0, 0.1) is 5.82 Å². The molecule has 6 heteroatoms. The van der Waals surface area contributed by atoms with Gasteiger partial charge >= 0.3 is 0 Å². The largest absolute Gasteiger partial charge is 0.305 e. The molecule has 0 atom stereocenters. The van der Waals surface area contributed by atoms with Crippen molar-refractivity contribution in [2.24, 2.45) is 0 Å². The molecule has 2 aromatic heterocycles. The molecule has 1 aliphatic rings. The van der Waals surface area contributed by atoms with Crippen molar-refractivity contribution in [1.82, 2.24) is 15.0 Å². The standard InChI is InChI=1S/C11H8FN3OS/c12-6-1-2-8(13-3-6)10-14-9-5-17-4-7(9)11(16)15-10/h1-3H,4-5H2,(H,14,15,16). The molecule has 0 radical (unpaired) electrons. The summed E-state index contributed by atoms with van der Waals surface area (Å²) in [5, 5.41) is 0. The van der Waals surface area contributed by atoms with Gasteiger partial charge in [0.25, 0.3) is 5.56 Å². The Balaban J connectivity index is 2.13. The summed E-state index contributed by atoms with van der Waals surface area (Å²) >= 11 is 1.66. The van der Waals surface area contributed by atoms with E-state index in [1.54, 1.807) is 11.8 Å². The van der Waals surface area contributed by atoms with Crippen molar-refractivity contribution >= 4 is 11.8 Å². The molecule has 86 valence electrons. The Kier molecular flexibility index (Phi) is 2.44. The Morgan fingerprint density at radius 3 is 3.00 bits per heavy atom. The Morgan fingerprint density at radius 2 is 2.24 bits per heavy atom. The second-order valence-electron chi connectivity index (χ2n) is 3.69. The van der Waals surface area contributed by atoms with E-state index in [9.17, 15) is 9.18 Å². The first-order chi connectivity index (χ1) is 8.24. The van der Waals surface area contributed by atoms with E-state index in [4.69, 9.17) is 0 Å². The number of nitrogens with one attached hydrogen (secondary N) is 1. The molecular formula is C11H8FN3OS. The van der Waals surface area contributed by atoms with E-state index in [-0.39, 0.29) is 5.56 Å². The highest BCUT2D eigenvalue weighted by molar-refractivity contribution is 7.98. The molecular weight excluding hydrogens is 241 g/mol. The Labute approximate surface area is 100 Å². The summed E-state index contributed by atoms with van der Waals surface area (Å²) in [4.78, 5) is 22.7. The Morgan fingerprint density at radius 1 is 1.35 bits per heavy atom. The van der Waals surface area contributed by atoms with E-state index in [1.807, 2.05) is 0 Å². The molecule has 17 heavy (non-hydrogen) atoms. The molecule has 0 aliphatic carbocycles. The summed E-state index contributed by atoms with van der Waals surface area (Å²) in [7, 11) is 0. The zero-order valence-corrected chi connectivity index (χ0v) is 9.55. The molecule has 2 aromatic rings. The van der Waals surface area contributed by atoms with Gasteiger partial charge in [0.1, 0.15) is 11.5 Å². The van der Waals surface area contributed by atoms with E-state index in [1.165, 1.54) is 12.1 Å². The number of aromatic nitrogens is 3. The normalized spacial score (nSPS) is 13.7. The molecule has 0 saturated heterocycles. The number of rotatable bonds is 1. The molecule has 0 unspecified atom stereocenters. The highest BCUT2D eigenvalue weighted by Crippen LogP contribution is 2.26. The van der Waals surface area contributed by atoms with Gasteiger partial charge in [0.05, 0.1) is 11.9 Å². The number of pyridine rings is 1. The monoisotopic (exact) mass is 249 g/mol. The lowest BCUT2D eigenvalue weighted by molar-refractivity contribution is 0.621. The fourth-order valence-corrected chi connectivity index (χ4v) is 2.74. The van der Waals surface area contributed by atoms with Gasteiger partial charge in [0.15, 0.2) is 5.82 Å². The molecule has 3 rings (SSSR count). The predicted molar refractivity (Wildman–Crippen MR) is 63.0 cm³/mol. The molecule has 1 aliphatic heterocycles. The lowest BCUT2D eigenvalue weighted by Crippen LogP contribution is -2.15. The van der Waals surface area contributed by atoms with Gasteiger partial charge in [-0.3, -0.25) is 4.79 Å². The van der Waals surface area contributed by atoms with Crippen molar-refractivity contribution in [2.75, 3.05) is 0 Å². The minimum Gasteiger partial charge on any atom is -0.305 e. The Hall–Kier alpha value is -1.69. The second-order valence-corrected chi connectivity index (χ2v) is 4.68. The van der Waals surface area contributed by atoms with Gasteiger partial charge in [-0.1, -0.05) is 0 Å². The lowest BCUT2D eigenvalue weighted by atomic mass is 10.2. The third kappa shape index (κ3) is 1.84. The maximum atomic E-state index is 12.7. The molecule has 1 N–H and O–H groups in total. The molecule has 0 fully saturated rings. The number of halogens is 1. The first-order valence-electron chi connectivity index (χ1n) is 5.06. The lowest BCUT2D eigenvalue weighted by Gasteiger charge is -2.02. The highest BCUT2D eigenvalue weighted by Gasteiger charge is 2.18. The fourth-order valence-electron chi connectivity index (χ4n) is 1.70. The fraction of sp³-hybridized carbons (Fsp3) is 0.182. The van der Waals surface area contributed by atoms with Crippen LogP contribution in [0.25, 0.3) is 11.5 Å². The van der Waals surface area contributed by atoms with Gasteiger partial charge in [-0.05, 0) is 12.1 Å². The first kappa shape index (κ1) is 10.5. The summed E-state index contributed by atoms with van der Waals surface area (Å²) in [6.45, 7) is 0. The van der Waals surface area contributed by atoms with Gasteiger partial charge in [-0.25, -0.2) is 14.4 Å². The van der Waals surface area contributed by atoms with Gasteiger partial charge in [0.2, 0.25) is 0 Å². The second kappa shape index (κ2) is 3.96. The van der Waals surface area contributed by atoms with Crippen LogP contribution in [0.15, 0.2) is 23.1 Å². The minimum absolute atomic E-state index is 0.124. The van der Waals surface area contributed by atoms with Gasteiger partial charge in [-0.15, -0.1) is 0 Å². The van der Waals surface area contributed by atoms with Crippen molar-refractivity contribution in [3.8, 4) is 11.5 Å². The maximum Gasteiger partial charge on any atom is 0.255 e. The summed E-state index contributed by atoms with van der Waals surface area (Å²) in [5.74, 6) is 1.44. The molecule has 3 heterocycles. The summed E-state index contributed by atoms with van der Waals surface area (Å²) in [6.07, 6.45) is 1.11. The summed E-state index contributed by atoms with van der Waals surface area (Å²) in [5.41, 5.74) is 1.89. The summed E-state index contributed by atoms with van der Waals surface area (Å²) in [6, 6.07) is 2.80. The van der Waals surface area contributed by atoms with E-state index >= 15 is 0 Å². The van der Waals surface area contributed by atoms with Gasteiger partial charge in [0, 0.05) is 17.1 Å². The maximum absolute atomic E-state index is 12.7. The summed E-state index contributed by atoms with van der Waals surface area (Å²) < 4.78 is 12.7. The zero-order chi connectivity index (χ0) is 11.8. The van der Waals surface area contributed by atoms with Crippen LogP contribution in [-0.2, 0) is 11.5 Å². The topological polar surface area (TPSA) is 58.6 Å². The Bertz CT molecular complexity index is 624. The number of H-pyrrole nitrogens is 1. The molecule has 0 saturated carbocycles. The van der Waals surface area contributed by atoms with E-state index < -0.39 is 5.82 Å². The number of aromatic amines is 1. The number of thioether (sulfide) groups is 1. The average Bonchev–Trinajstić information content (AvgIpc) is 2.78. The average molecular weight is 249 g/mol. The highest BCUT2D eigenvalue weighted by atomic mass is 32.2. The van der Waals surface area contributed by atoms with Crippen LogP contribution in [0.2, 0.25) is 0 Å². The minimum atomic E-state index is -0.409. The van der Waals surface area contributed by atoms with Crippen molar-refractivity contribution in [3.05, 3.63) is 45.8 Å². The molecule has 0 spiro atoms. The van der Waals surface area contributed by atoms with E-state index in [0.717, 1.165) is 23.2 Å². The quantitative estimate of drug-likeness (QED) is 0.836. The first-order valence-corrected chi connectivity index (χ1v) is 6.21. The third-order valence-corrected chi connectivity index (χ3v) is 3.53. The van der Waals surface area contributed by atoms with E-state index in [0.29, 0.717) is 17.3 Å². The third-order valence-electron chi connectivity index (χ3n) is 2.56. The van der Waals surface area contributed by atoms with Crippen LogP contribution in [0.1, 0.15) is 11.3 Å². The van der Waals surface area contributed by atoms with Crippen LogP contribution in [0.4, 0.5) is 4.39 Å². The number of hydrogen-bond donors (Lipinski definition) is 1. The van der Waals surface area contributed by atoms with E-state index in [2.05, 4.69) is 15.0 Å². The van der Waals surface area contributed by atoms with Crippen molar-refractivity contribution in [1.29, 1.82) is 0 Å². The van der Waals surface area contributed by atoms with Crippen LogP contribution < -0.4 is 5.56 Å². The smallest absolute Gasteiger partial charge is 0.255 e. The predicted octanol–water partition coefficient (Wildman–Crippen LogP) is 1.72. The number of fused-ring (bicyclic) bond motifs is 1. The van der Waals surface area contributed by atoms with Crippen LogP contribution >= 0.6 is 11.8 Å². The van der Waals surface area contributed by atoms with Gasteiger partial charge < -0.3 is 4.98 Å². The van der Waals surface area contributed by atoms with Crippen molar-refractivity contribution in [2.45, 2.75) is 11.5 Å². The van der Waals surface area contributed by atoms with Crippen molar-refractivity contribution < 1.29 is 4.39 Å². The zero-order valence-electron chi connectivity index (χ0n) is 8.74. The SMILES string of the molecule is O=c1[nH]c(-c2ccc(F)cn2)nc2c1CSC2.